The predicted octanol–water partition coefficient (Wildman–Crippen LogP) is 4.23. The number of fused-ring (bicyclic) bond motifs is 1. The van der Waals surface area contributed by atoms with Crippen LogP contribution in [0.1, 0.15) is 22.9 Å². The Balaban J connectivity index is 2.01. The van der Waals surface area contributed by atoms with E-state index in [1.807, 2.05) is 61.5 Å². The second-order valence-electron chi connectivity index (χ2n) is 4.86. The van der Waals surface area contributed by atoms with Crippen LogP contribution in [-0.4, -0.2) is 10.1 Å². The van der Waals surface area contributed by atoms with Crippen molar-refractivity contribution in [1.29, 1.82) is 0 Å². The maximum absolute atomic E-state index is 10.5. The van der Waals surface area contributed by atoms with Crippen molar-refractivity contribution in [2.24, 2.45) is 0 Å². The number of halogens is 1. The quantitative estimate of drug-likeness (QED) is 0.680. The molecule has 0 fully saturated rings. The molecule has 0 radical (unpaired) electrons. The monoisotopic (exact) mass is 375 g/mol. The highest BCUT2D eigenvalue weighted by atomic mass is 127. The topological polar surface area (TPSA) is 33.1 Å². The molecule has 1 unspecified atom stereocenters. The van der Waals surface area contributed by atoms with Crippen molar-refractivity contribution >= 4 is 33.5 Å². The summed E-state index contributed by atoms with van der Waals surface area (Å²) in [6, 6.07) is 17.9. The molecule has 1 heterocycles. The van der Waals surface area contributed by atoms with Crippen molar-refractivity contribution in [3.05, 3.63) is 75.0 Å². The first kappa shape index (κ1) is 13.5. The van der Waals surface area contributed by atoms with Gasteiger partial charge >= 0.3 is 0 Å². The molecule has 0 amide bonds. The Morgan fingerprint density at radius 1 is 0.950 bits per heavy atom. The number of aliphatic hydroxyl groups is 1. The molecule has 2 nitrogen and oxygen atoms in total. The first-order valence-electron chi connectivity index (χ1n) is 6.44. The lowest BCUT2D eigenvalue weighted by molar-refractivity contribution is 0.220. The molecule has 0 spiro atoms. The minimum absolute atomic E-state index is 0.599. The fourth-order valence-electron chi connectivity index (χ4n) is 2.25. The maximum atomic E-state index is 10.5. The minimum atomic E-state index is -0.599. The average Bonchev–Trinajstić information content (AvgIpc) is 2.47. The predicted molar refractivity (Wildman–Crippen MR) is 89.7 cm³/mol. The number of rotatable bonds is 2. The number of hydrogen-bond donors (Lipinski definition) is 1. The van der Waals surface area contributed by atoms with Crippen molar-refractivity contribution < 1.29 is 5.11 Å². The van der Waals surface area contributed by atoms with E-state index in [4.69, 9.17) is 0 Å². The van der Waals surface area contributed by atoms with Crippen molar-refractivity contribution in [2.45, 2.75) is 13.0 Å². The Labute approximate surface area is 131 Å². The van der Waals surface area contributed by atoms with Crippen LogP contribution in [0.2, 0.25) is 0 Å². The van der Waals surface area contributed by atoms with Crippen molar-refractivity contribution in [1.82, 2.24) is 4.98 Å². The molecule has 1 aromatic heterocycles. The van der Waals surface area contributed by atoms with Crippen LogP contribution in [0.3, 0.4) is 0 Å². The van der Waals surface area contributed by atoms with Crippen LogP contribution in [0.4, 0.5) is 0 Å². The largest absolute Gasteiger partial charge is 0.384 e. The van der Waals surface area contributed by atoms with E-state index >= 15 is 0 Å². The van der Waals surface area contributed by atoms with Gasteiger partial charge in [-0.15, -0.1) is 0 Å². The number of benzene rings is 2. The smallest absolute Gasteiger partial charge is 0.104 e. The first-order valence-corrected chi connectivity index (χ1v) is 7.52. The number of hydrogen-bond acceptors (Lipinski definition) is 2. The van der Waals surface area contributed by atoms with Gasteiger partial charge in [-0.1, -0.05) is 24.3 Å². The normalized spacial score (nSPS) is 12.6. The van der Waals surface area contributed by atoms with Gasteiger partial charge in [-0.3, -0.25) is 4.98 Å². The molecule has 1 atom stereocenters. The highest BCUT2D eigenvalue weighted by Gasteiger charge is 2.11. The van der Waals surface area contributed by atoms with E-state index in [0.717, 1.165) is 31.3 Å². The van der Waals surface area contributed by atoms with E-state index in [9.17, 15) is 5.11 Å². The zero-order valence-corrected chi connectivity index (χ0v) is 13.2. The fourth-order valence-corrected chi connectivity index (χ4v) is 2.61. The van der Waals surface area contributed by atoms with Crippen molar-refractivity contribution in [2.75, 3.05) is 0 Å². The van der Waals surface area contributed by atoms with Gasteiger partial charge in [0, 0.05) is 14.7 Å². The summed E-state index contributed by atoms with van der Waals surface area (Å²) >= 11 is 2.26. The molecule has 1 N–H and O–H groups in total. The SMILES string of the molecule is Cc1ccc2cc(C(O)c3ccc(I)cc3)ccc2n1. The van der Waals surface area contributed by atoms with Crippen LogP contribution < -0.4 is 0 Å². The molecular weight excluding hydrogens is 361 g/mol. The molecule has 3 heteroatoms. The maximum Gasteiger partial charge on any atom is 0.104 e. The Morgan fingerprint density at radius 2 is 1.65 bits per heavy atom. The number of aliphatic hydroxyl groups excluding tert-OH is 1. The first-order chi connectivity index (χ1) is 9.63. The van der Waals surface area contributed by atoms with Gasteiger partial charge in [0.2, 0.25) is 0 Å². The molecule has 100 valence electrons. The Morgan fingerprint density at radius 3 is 2.40 bits per heavy atom. The van der Waals surface area contributed by atoms with Gasteiger partial charge in [0.05, 0.1) is 5.52 Å². The van der Waals surface area contributed by atoms with Gasteiger partial charge in [0.15, 0.2) is 0 Å². The molecular formula is C17H14INO. The number of nitrogens with zero attached hydrogens (tertiary/aromatic N) is 1. The van der Waals surface area contributed by atoms with E-state index in [1.54, 1.807) is 0 Å². The number of aryl methyl sites for hydroxylation is 1. The summed E-state index contributed by atoms with van der Waals surface area (Å²) in [4.78, 5) is 4.48. The highest BCUT2D eigenvalue weighted by molar-refractivity contribution is 14.1. The summed E-state index contributed by atoms with van der Waals surface area (Å²) in [5.41, 5.74) is 3.76. The lowest BCUT2D eigenvalue weighted by atomic mass is 10.00. The van der Waals surface area contributed by atoms with E-state index < -0.39 is 6.10 Å². The van der Waals surface area contributed by atoms with Crippen LogP contribution in [-0.2, 0) is 0 Å². The van der Waals surface area contributed by atoms with Crippen LogP contribution in [0.5, 0.6) is 0 Å². The van der Waals surface area contributed by atoms with E-state index in [2.05, 4.69) is 27.6 Å². The van der Waals surface area contributed by atoms with Gasteiger partial charge in [0.25, 0.3) is 0 Å². The number of pyridine rings is 1. The standard InChI is InChI=1S/C17H14INO/c1-11-2-3-13-10-14(6-9-16(13)19-11)17(20)12-4-7-15(18)8-5-12/h2-10,17,20H,1H3. The molecule has 0 saturated heterocycles. The van der Waals surface area contributed by atoms with Crippen molar-refractivity contribution in [3.63, 3.8) is 0 Å². The zero-order valence-electron chi connectivity index (χ0n) is 11.0. The Bertz CT molecular complexity index is 753. The summed E-state index contributed by atoms with van der Waals surface area (Å²) in [7, 11) is 0. The van der Waals surface area contributed by atoms with Crippen LogP contribution in [0, 0.1) is 10.5 Å². The second kappa shape index (κ2) is 5.50. The third-order valence-electron chi connectivity index (χ3n) is 3.35. The third-order valence-corrected chi connectivity index (χ3v) is 4.07. The summed E-state index contributed by atoms with van der Waals surface area (Å²) in [5, 5.41) is 11.5. The second-order valence-corrected chi connectivity index (χ2v) is 6.10. The van der Waals surface area contributed by atoms with Gasteiger partial charge in [0.1, 0.15) is 6.10 Å². The Hall–Kier alpha value is -1.46. The Kier molecular flexibility index (Phi) is 3.72. The molecule has 0 aliphatic heterocycles. The van der Waals surface area contributed by atoms with Crippen LogP contribution in [0.15, 0.2) is 54.6 Å². The van der Waals surface area contributed by atoms with Gasteiger partial charge in [-0.25, -0.2) is 0 Å². The zero-order chi connectivity index (χ0) is 14.1. The highest BCUT2D eigenvalue weighted by Crippen LogP contribution is 2.25. The lowest BCUT2D eigenvalue weighted by Crippen LogP contribution is -1.99. The minimum Gasteiger partial charge on any atom is -0.384 e. The molecule has 0 aliphatic carbocycles. The van der Waals surface area contributed by atoms with Crippen LogP contribution >= 0.6 is 22.6 Å². The number of aromatic nitrogens is 1. The lowest BCUT2D eigenvalue weighted by Gasteiger charge is -2.12. The molecule has 0 saturated carbocycles. The van der Waals surface area contributed by atoms with E-state index in [-0.39, 0.29) is 0 Å². The molecule has 0 bridgehead atoms. The van der Waals surface area contributed by atoms with Gasteiger partial charge < -0.3 is 5.11 Å². The summed E-state index contributed by atoms with van der Waals surface area (Å²) in [6.07, 6.45) is -0.599. The molecule has 0 aliphatic rings. The average molecular weight is 375 g/mol. The summed E-state index contributed by atoms with van der Waals surface area (Å²) in [6.45, 7) is 1.98. The molecule has 3 rings (SSSR count). The molecule has 20 heavy (non-hydrogen) atoms. The third kappa shape index (κ3) is 2.69. The molecule has 2 aromatic carbocycles. The van der Waals surface area contributed by atoms with Gasteiger partial charge in [-0.2, -0.15) is 0 Å². The summed E-state index contributed by atoms with van der Waals surface area (Å²) in [5.74, 6) is 0. The fraction of sp³-hybridized carbons (Fsp3) is 0.118. The van der Waals surface area contributed by atoms with Crippen LogP contribution in [0.25, 0.3) is 10.9 Å². The van der Waals surface area contributed by atoms with Crippen molar-refractivity contribution in [3.8, 4) is 0 Å². The summed E-state index contributed by atoms with van der Waals surface area (Å²) < 4.78 is 1.16. The van der Waals surface area contributed by atoms with E-state index in [0.29, 0.717) is 0 Å². The van der Waals surface area contributed by atoms with Gasteiger partial charge in [-0.05, 0) is 71.0 Å². The molecule has 3 aromatic rings. The van der Waals surface area contributed by atoms with E-state index in [1.165, 1.54) is 0 Å².